The van der Waals surface area contributed by atoms with Gasteiger partial charge >= 0.3 is 0 Å². The van der Waals surface area contributed by atoms with Gasteiger partial charge in [0.15, 0.2) is 11.5 Å². The summed E-state index contributed by atoms with van der Waals surface area (Å²) in [6, 6.07) is 6.02. The number of likely N-dealkylation sites (tertiary alicyclic amines) is 1. The van der Waals surface area contributed by atoms with E-state index in [1.54, 1.807) is 14.2 Å². The van der Waals surface area contributed by atoms with Gasteiger partial charge in [0.2, 0.25) is 0 Å². The maximum absolute atomic E-state index is 5.45. The molecule has 1 heterocycles. The summed E-state index contributed by atoms with van der Waals surface area (Å²) >= 11 is 0. The summed E-state index contributed by atoms with van der Waals surface area (Å²) in [6.45, 7) is 7.75. The molecule has 1 aromatic carbocycles. The van der Waals surface area contributed by atoms with Gasteiger partial charge in [0.05, 0.1) is 14.2 Å². The zero-order valence-corrected chi connectivity index (χ0v) is 12.8. The molecule has 1 aliphatic heterocycles. The quantitative estimate of drug-likeness (QED) is 0.828. The number of rotatable bonds is 7. The molecule has 4 nitrogen and oxygen atoms in total. The number of nitrogens with one attached hydrogen (secondary N) is 1. The number of hydrogen-bond donors (Lipinski definition) is 1. The van der Waals surface area contributed by atoms with E-state index in [9.17, 15) is 0 Å². The molecule has 1 aromatic rings. The third-order valence-electron chi connectivity index (χ3n) is 4.05. The van der Waals surface area contributed by atoms with Crippen molar-refractivity contribution in [3.63, 3.8) is 0 Å². The van der Waals surface area contributed by atoms with Crippen LogP contribution in [0.2, 0.25) is 0 Å². The van der Waals surface area contributed by atoms with Crippen molar-refractivity contribution in [3.8, 4) is 11.5 Å². The monoisotopic (exact) mass is 278 g/mol. The standard InChI is InChI=1S/C16H26N2O2/c1-4-18-9-8-13(12-18)10-17-11-14-6-5-7-15(19-2)16(14)20-3/h5-7,13,17H,4,8-12H2,1-3H3/t13-/m1/s1. The fourth-order valence-electron chi connectivity index (χ4n) is 2.87. The summed E-state index contributed by atoms with van der Waals surface area (Å²) in [5.74, 6) is 2.40. The lowest BCUT2D eigenvalue weighted by Gasteiger charge is -2.15. The van der Waals surface area contributed by atoms with E-state index in [4.69, 9.17) is 9.47 Å². The molecule has 1 saturated heterocycles. The first kappa shape index (κ1) is 15.1. The zero-order valence-electron chi connectivity index (χ0n) is 12.8. The van der Waals surface area contributed by atoms with Crippen molar-refractivity contribution in [1.29, 1.82) is 0 Å². The minimum atomic E-state index is 0.770. The highest BCUT2D eigenvalue weighted by molar-refractivity contribution is 5.46. The molecule has 2 rings (SSSR count). The first-order valence-electron chi connectivity index (χ1n) is 7.41. The van der Waals surface area contributed by atoms with Crippen molar-refractivity contribution < 1.29 is 9.47 Å². The van der Waals surface area contributed by atoms with E-state index < -0.39 is 0 Å². The zero-order chi connectivity index (χ0) is 14.4. The molecule has 20 heavy (non-hydrogen) atoms. The van der Waals surface area contributed by atoms with Gasteiger partial charge in [-0.05, 0) is 38.0 Å². The molecule has 0 bridgehead atoms. The van der Waals surface area contributed by atoms with Gasteiger partial charge in [0.25, 0.3) is 0 Å². The normalized spacial score (nSPS) is 19.2. The van der Waals surface area contributed by atoms with Gasteiger partial charge in [-0.15, -0.1) is 0 Å². The van der Waals surface area contributed by atoms with Crippen LogP contribution in [0.15, 0.2) is 18.2 Å². The van der Waals surface area contributed by atoms with Crippen molar-refractivity contribution in [2.45, 2.75) is 19.9 Å². The van der Waals surface area contributed by atoms with Crippen LogP contribution in [0.25, 0.3) is 0 Å². The summed E-state index contributed by atoms with van der Waals surface area (Å²) in [5.41, 5.74) is 1.15. The van der Waals surface area contributed by atoms with Crippen LogP contribution >= 0.6 is 0 Å². The highest BCUT2D eigenvalue weighted by atomic mass is 16.5. The third-order valence-corrected chi connectivity index (χ3v) is 4.05. The minimum absolute atomic E-state index is 0.770. The Balaban J connectivity index is 1.85. The fourth-order valence-corrected chi connectivity index (χ4v) is 2.87. The van der Waals surface area contributed by atoms with Gasteiger partial charge in [0, 0.05) is 18.7 Å². The SMILES string of the molecule is CCN1CC[C@H](CNCc2cccc(OC)c2OC)C1. The first-order valence-corrected chi connectivity index (χ1v) is 7.41. The second-order valence-electron chi connectivity index (χ2n) is 5.33. The van der Waals surface area contributed by atoms with E-state index >= 15 is 0 Å². The van der Waals surface area contributed by atoms with Gasteiger partial charge in [-0.25, -0.2) is 0 Å². The van der Waals surface area contributed by atoms with E-state index in [0.717, 1.165) is 36.1 Å². The molecule has 112 valence electrons. The molecule has 1 fully saturated rings. The van der Waals surface area contributed by atoms with Gasteiger partial charge in [-0.3, -0.25) is 0 Å². The van der Waals surface area contributed by atoms with Crippen molar-refractivity contribution in [1.82, 2.24) is 10.2 Å². The van der Waals surface area contributed by atoms with Gasteiger partial charge in [-0.2, -0.15) is 0 Å². The van der Waals surface area contributed by atoms with Crippen LogP contribution < -0.4 is 14.8 Å². The Morgan fingerprint density at radius 3 is 2.80 bits per heavy atom. The van der Waals surface area contributed by atoms with Crippen molar-refractivity contribution in [2.75, 3.05) is 40.4 Å². The van der Waals surface area contributed by atoms with Crippen LogP contribution in [0.5, 0.6) is 11.5 Å². The Labute approximate surface area is 122 Å². The van der Waals surface area contributed by atoms with Gasteiger partial charge in [-0.1, -0.05) is 19.1 Å². The summed E-state index contributed by atoms with van der Waals surface area (Å²) in [4.78, 5) is 2.51. The summed E-state index contributed by atoms with van der Waals surface area (Å²) in [5, 5.41) is 3.55. The topological polar surface area (TPSA) is 33.7 Å². The summed E-state index contributed by atoms with van der Waals surface area (Å²) in [7, 11) is 3.37. The fraction of sp³-hybridized carbons (Fsp3) is 0.625. The van der Waals surface area contributed by atoms with Crippen LogP contribution in [0.4, 0.5) is 0 Å². The van der Waals surface area contributed by atoms with E-state index in [2.05, 4.69) is 23.2 Å². The molecule has 0 aliphatic carbocycles. The molecule has 0 saturated carbocycles. The maximum Gasteiger partial charge on any atom is 0.165 e. The summed E-state index contributed by atoms with van der Waals surface area (Å²) in [6.07, 6.45) is 1.30. The molecule has 0 radical (unpaired) electrons. The molecular formula is C16H26N2O2. The van der Waals surface area contributed by atoms with Gasteiger partial charge < -0.3 is 19.7 Å². The lowest BCUT2D eigenvalue weighted by molar-refractivity contribution is 0.337. The first-order chi connectivity index (χ1) is 9.78. The van der Waals surface area contributed by atoms with Crippen LogP contribution in [0, 0.1) is 5.92 Å². The minimum Gasteiger partial charge on any atom is -0.493 e. The third kappa shape index (κ3) is 3.64. The van der Waals surface area contributed by atoms with Crippen molar-refractivity contribution >= 4 is 0 Å². The Morgan fingerprint density at radius 2 is 2.15 bits per heavy atom. The molecule has 1 aliphatic rings. The predicted molar refractivity (Wildman–Crippen MR) is 81.5 cm³/mol. The van der Waals surface area contributed by atoms with Crippen molar-refractivity contribution in [3.05, 3.63) is 23.8 Å². The molecule has 1 N–H and O–H groups in total. The lowest BCUT2D eigenvalue weighted by atomic mass is 10.1. The Bertz CT molecular complexity index is 423. The molecule has 0 amide bonds. The molecule has 0 spiro atoms. The lowest BCUT2D eigenvalue weighted by Crippen LogP contribution is -2.26. The smallest absolute Gasteiger partial charge is 0.165 e. The van der Waals surface area contributed by atoms with Crippen LogP contribution in [0.1, 0.15) is 18.9 Å². The van der Waals surface area contributed by atoms with E-state index in [0.29, 0.717) is 0 Å². The number of benzene rings is 1. The summed E-state index contributed by atoms with van der Waals surface area (Å²) < 4.78 is 10.8. The van der Waals surface area contributed by atoms with E-state index in [1.807, 2.05) is 12.1 Å². The van der Waals surface area contributed by atoms with Crippen molar-refractivity contribution in [2.24, 2.45) is 5.92 Å². The highest BCUT2D eigenvalue weighted by Crippen LogP contribution is 2.30. The number of hydrogen-bond acceptors (Lipinski definition) is 4. The Morgan fingerprint density at radius 1 is 1.30 bits per heavy atom. The molecule has 0 unspecified atom stereocenters. The molecule has 4 heteroatoms. The van der Waals surface area contributed by atoms with E-state index in [-0.39, 0.29) is 0 Å². The average Bonchev–Trinajstić information content (AvgIpc) is 2.94. The predicted octanol–water partition coefficient (Wildman–Crippen LogP) is 2.14. The largest absolute Gasteiger partial charge is 0.493 e. The maximum atomic E-state index is 5.45. The number of ether oxygens (including phenoxy) is 2. The number of nitrogens with zero attached hydrogens (tertiary/aromatic N) is 1. The van der Waals surface area contributed by atoms with Gasteiger partial charge in [0.1, 0.15) is 0 Å². The Hall–Kier alpha value is -1.26. The van der Waals surface area contributed by atoms with E-state index in [1.165, 1.54) is 26.1 Å². The Kier molecular flexibility index (Phi) is 5.68. The van der Waals surface area contributed by atoms with Crippen LogP contribution in [-0.4, -0.2) is 45.3 Å². The second-order valence-corrected chi connectivity index (χ2v) is 5.33. The van der Waals surface area contributed by atoms with Crippen LogP contribution in [0.3, 0.4) is 0 Å². The number of para-hydroxylation sites is 1. The molecule has 0 aromatic heterocycles. The molecular weight excluding hydrogens is 252 g/mol. The number of methoxy groups -OCH3 is 2. The highest BCUT2D eigenvalue weighted by Gasteiger charge is 2.20. The second kappa shape index (κ2) is 7.50. The van der Waals surface area contributed by atoms with Crippen LogP contribution in [-0.2, 0) is 6.54 Å². The molecule has 1 atom stereocenters. The average molecular weight is 278 g/mol.